The molecular weight excluding hydrogens is 389 g/mol. The van der Waals surface area contributed by atoms with E-state index in [1.54, 1.807) is 26.8 Å². The van der Waals surface area contributed by atoms with Crippen molar-refractivity contribution in [2.24, 2.45) is 0 Å². The number of carboxylic acids is 1. The van der Waals surface area contributed by atoms with Crippen molar-refractivity contribution < 1.29 is 28.6 Å². The van der Waals surface area contributed by atoms with Crippen molar-refractivity contribution in [3.8, 4) is 16.9 Å². The molecule has 0 unspecified atom stereocenters. The van der Waals surface area contributed by atoms with Crippen molar-refractivity contribution in [3.63, 3.8) is 0 Å². The van der Waals surface area contributed by atoms with E-state index < -0.39 is 23.5 Å². The molecule has 1 amide bonds. The van der Waals surface area contributed by atoms with Crippen LogP contribution in [0.25, 0.3) is 11.1 Å². The molecule has 150 valence electrons. The second kappa shape index (κ2) is 8.93. The molecule has 2 N–H and O–H groups in total. The number of carbonyl (C=O) groups is 2. The number of aromatic carboxylic acids is 1. The summed E-state index contributed by atoms with van der Waals surface area (Å²) < 4.78 is 23.9. The standard InChI is InChI=1S/C20H21ClFNO5/c1-20(2,3)28-19(26)23-6-7-27-15-9-12(8-13(10-15)18(24)25)16-5-4-14(22)11-17(16)21/h4-5,8-11H,6-7H2,1-3H3,(H,23,26)(H,24,25). The maximum atomic E-state index is 13.3. The van der Waals surface area contributed by atoms with Gasteiger partial charge in [0, 0.05) is 5.56 Å². The van der Waals surface area contributed by atoms with Gasteiger partial charge in [0.2, 0.25) is 0 Å². The van der Waals surface area contributed by atoms with Crippen LogP contribution < -0.4 is 10.1 Å². The van der Waals surface area contributed by atoms with E-state index >= 15 is 0 Å². The van der Waals surface area contributed by atoms with Crippen molar-refractivity contribution in [2.75, 3.05) is 13.2 Å². The molecule has 0 fully saturated rings. The lowest BCUT2D eigenvalue weighted by Crippen LogP contribution is -2.34. The molecule has 2 aromatic carbocycles. The molecule has 0 spiro atoms. The summed E-state index contributed by atoms with van der Waals surface area (Å²) in [5, 5.41) is 12.0. The summed E-state index contributed by atoms with van der Waals surface area (Å²) in [6.07, 6.45) is -0.575. The minimum Gasteiger partial charge on any atom is -0.492 e. The Morgan fingerprint density at radius 2 is 1.89 bits per heavy atom. The third-order valence-electron chi connectivity index (χ3n) is 3.43. The first-order valence-corrected chi connectivity index (χ1v) is 8.86. The SMILES string of the molecule is CC(C)(C)OC(=O)NCCOc1cc(C(=O)O)cc(-c2ccc(F)cc2Cl)c1. The van der Waals surface area contributed by atoms with Gasteiger partial charge in [-0.2, -0.15) is 0 Å². The monoisotopic (exact) mass is 409 g/mol. The Labute approximate surface area is 167 Å². The van der Waals surface area contributed by atoms with Gasteiger partial charge in [-0.05, 0) is 62.7 Å². The summed E-state index contributed by atoms with van der Waals surface area (Å²) in [5.74, 6) is -1.36. The minimum atomic E-state index is -1.14. The van der Waals surface area contributed by atoms with Crippen LogP contribution >= 0.6 is 11.6 Å². The van der Waals surface area contributed by atoms with Gasteiger partial charge in [0.25, 0.3) is 0 Å². The lowest BCUT2D eigenvalue weighted by molar-refractivity contribution is 0.0520. The fourth-order valence-electron chi connectivity index (χ4n) is 2.32. The van der Waals surface area contributed by atoms with Crippen molar-refractivity contribution in [3.05, 3.63) is 52.8 Å². The number of hydrogen-bond acceptors (Lipinski definition) is 4. The van der Waals surface area contributed by atoms with Gasteiger partial charge < -0.3 is 19.9 Å². The van der Waals surface area contributed by atoms with E-state index in [4.69, 9.17) is 21.1 Å². The molecule has 0 saturated carbocycles. The van der Waals surface area contributed by atoms with Gasteiger partial charge in [-0.3, -0.25) is 0 Å². The van der Waals surface area contributed by atoms with Crippen molar-refractivity contribution in [1.29, 1.82) is 0 Å². The van der Waals surface area contributed by atoms with Gasteiger partial charge in [0.05, 0.1) is 17.1 Å². The van der Waals surface area contributed by atoms with E-state index in [0.29, 0.717) is 11.1 Å². The van der Waals surface area contributed by atoms with E-state index in [0.717, 1.165) is 6.07 Å². The van der Waals surface area contributed by atoms with E-state index in [1.165, 1.54) is 24.3 Å². The number of halogens is 2. The fourth-order valence-corrected chi connectivity index (χ4v) is 2.60. The van der Waals surface area contributed by atoms with Crippen LogP contribution in [0.2, 0.25) is 5.02 Å². The van der Waals surface area contributed by atoms with E-state index in [1.807, 2.05) is 0 Å². The van der Waals surface area contributed by atoms with E-state index in [2.05, 4.69) is 5.32 Å². The molecule has 8 heteroatoms. The van der Waals surface area contributed by atoms with Crippen molar-refractivity contribution in [2.45, 2.75) is 26.4 Å². The third-order valence-corrected chi connectivity index (χ3v) is 3.75. The number of carbonyl (C=O) groups excluding carboxylic acids is 1. The zero-order valence-electron chi connectivity index (χ0n) is 15.7. The lowest BCUT2D eigenvalue weighted by atomic mass is 10.0. The smallest absolute Gasteiger partial charge is 0.407 e. The molecule has 2 rings (SSSR count). The van der Waals surface area contributed by atoms with Crippen molar-refractivity contribution >= 4 is 23.7 Å². The summed E-state index contributed by atoms with van der Waals surface area (Å²) in [7, 11) is 0. The molecule has 28 heavy (non-hydrogen) atoms. The number of carboxylic acid groups (broad SMARTS) is 1. The van der Waals surface area contributed by atoms with Crippen LogP contribution in [-0.2, 0) is 4.74 Å². The number of ether oxygens (including phenoxy) is 2. The molecule has 0 atom stereocenters. The highest BCUT2D eigenvalue weighted by Gasteiger charge is 2.16. The number of rotatable bonds is 6. The molecule has 0 saturated heterocycles. The van der Waals surface area contributed by atoms with Crippen LogP contribution in [0.4, 0.5) is 9.18 Å². The average Bonchev–Trinajstić information content (AvgIpc) is 2.57. The van der Waals surface area contributed by atoms with Crippen LogP contribution in [0, 0.1) is 5.82 Å². The molecule has 0 aliphatic heterocycles. The Morgan fingerprint density at radius 1 is 1.18 bits per heavy atom. The zero-order valence-corrected chi connectivity index (χ0v) is 16.5. The Morgan fingerprint density at radius 3 is 2.50 bits per heavy atom. The van der Waals surface area contributed by atoms with Gasteiger partial charge in [0.15, 0.2) is 0 Å². The maximum absolute atomic E-state index is 13.3. The summed E-state index contributed by atoms with van der Waals surface area (Å²) in [6.45, 7) is 5.52. The van der Waals surface area contributed by atoms with Crippen LogP contribution in [0.1, 0.15) is 31.1 Å². The zero-order chi connectivity index (χ0) is 20.9. The summed E-state index contributed by atoms with van der Waals surface area (Å²) in [6, 6.07) is 8.23. The molecule has 0 heterocycles. The number of nitrogens with one attached hydrogen (secondary N) is 1. The second-order valence-corrected chi connectivity index (χ2v) is 7.36. The van der Waals surface area contributed by atoms with Gasteiger partial charge >= 0.3 is 12.1 Å². The maximum Gasteiger partial charge on any atom is 0.407 e. The molecule has 0 radical (unpaired) electrons. The highest BCUT2D eigenvalue weighted by Crippen LogP contribution is 2.32. The molecule has 6 nitrogen and oxygen atoms in total. The number of benzene rings is 2. The molecule has 0 aliphatic carbocycles. The summed E-state index contributed by atoms with van der Waals surface area (Å²) in [4.78, 5) is 23.0. The highest BCUT2D eigenvalue weighted by molar-refractivity contribution is 6.33. The Balaban J connectivity index is 2.11. The Kier molecular flexibility index (Phi) is 6.85. The number of alkyl carbamates (subject to hydrolysis) is 1. The molecular formula is C20H21ClFNO5. The van der Waals surface area contributed by atoms with Gasteiger partial charge in [-0.15, -0.1) is 0 Å². The normalized spacial score (nSPS) is 11.0. The van der Waals surface area contributed by atoms with Gasteiger partial charge in [-0.25, -0.2) is 14.0 Å². The van der Waals surface area contributed by atoms with Gasteiger partial charge in [-0.1, -0.05) is 11.6 Å². The largest absolute Gasteiger partial charge is 0.492 e. The van der Waals surface area contributed by atoms with Crippen LogP contribution in [-0.4, -0.2) is 35.9 Å². The topological polar surface area (TPSA) is 84.9 Å². The lowest BCUT2D eigenvalue weighted by Gasteiger charge is -2.19. The third kappa shape index (κ3) is 6.42. The molecule has 0 bridgehead atoms. The van der Waals surface area contributed by atoms with Crippen LogP contribution in [0.3, 0.4) is 0 Å². The van der Waals surface area contributed by atoms with Crippen LogP contribution in [0.15, 0.2) is 36.4 Å². The van der Waals surface area contributed by atoms with Gasteiger partial charge in [0.1, 0.15) is 23.8 Å². The number of hydrogen-bond donors (Lipinski definition) is 2. The summed E-state index contributed by atoms with van der Waals surface area (Å²) in [5.41, 5.74) is 0.334. The van der Waals surface area contributed by atoms with E-state index in [9.17, 15) is 19.1 Å². The molecule has 2 aromatic rings. The number of amides is 1. The second-order valence-electron chi connectivity index (χ2n) is 6.95. The first kappa shape index (κ1) is 21.5. The predicted molar refractivity (Wildman–Crippen MR) is 104 cm³/mol. The first-order chi connectivity index (χ1) is 13.0. The Hall–Kier alpha value is -2.80. The van der Waals surface area contributed by atoms with E-state index in [-0.39, 0.29) is 29.5 Å². The molecule has 0 aromatic heterocycles. The first-order valence-electron chi connectivity index (χ1n) is 8.48. The quantitative estimate of drug-likeness (QED) is 0.672. The molecule has 0 aliphatic rings. The Bertz CT molecular complexity index is 879. The predicted octanol–water partition coefficient (Wildman–Crippen LogP) is 4.75. The fraction of sp³-hybridized carbons (Fsp3) is 0.300. The van der Waals surface area contributed by atoms with Crippen LogP contribution in [0.5, 0.6) is 5.75 Å². The minimum absolute atomic E-state index is 0.00649. The average molecular weight is 410 g/mol. The van der Waals surface area contributed by atoms with Crippen molar-refractivity contribution in [1.82, 2.24) is 5.32 Å². The summed E-state index contributed by atoms with van der Waals surface area (Å²) >= 11 is 6.07. The highest BCUT2D eigenvalue weighted by atomic mass is 35.5.